The fourth-order valence-corrected chi connectivity index (χ4v) is 24.2. The Bertz CT molecular complexity index is 5110. The number of hydrogen-bond acceptors (Lipinski definition) is 14. The molecule has 2 atom stereocenters. The molecule has 0 aliphatic heterocycles. The molecule has 11 rings (SSSR count). The maximum absolute atomic E-state index is 16.2. The number of hydrogen-bond donors (Lipinski definition) is 0. The molecular formula is C98H118N8O2S8. The van der Waals surface area contributed by atoms with Gasteiger partial charge in [-0.3, -0.25) is 18.7 Å². The first kappa shape index (κ1) is 89.3. The quantitative estimate of drug-likeness (QED) is 0.0212. The predicted molar refractivity (Wildman–Crippen MR) is 505 cm³/mol. The second-order valence-electron chi connectivity index (χ2n) is 31.7. The minimum Gasteiger partial charge on any atom is -0.291 e. The number of aromatic nitrogens is 4. The van der Waals surface area contributed by atoms with Crippen LogP contribution in [0.25, 0.3) is 115 Å². The van der Waals surface area contributed by atoms with Crippen LogP contribution < -0.4 is 29.2 Å². The van der Waals surface area contributed by atoms with Gasteiger partial charge in [-0.15, -0.1) is 90.7 Å². The van der Waals surface area contributed by atoms with Crippen molar-refractivity contribution in [2.24, 2.45) is 11.8 Å². The molecule has 0 bridgehead atoms. The second kappa shape index (κ2) is 48.6. The van der Waals surface area contributed by atoms with E-state index in [0.29, 0.717) is 55.6 Å². The Kier molecular flexibility index (Phi) is 37.4. The molecule has 116 heavy (non-hydrogen) atoms. The molecule has 18 heteroatoms. The third-order valence-corrected chi connectivity index (χ3v) is 31.8. The van der Waals surface area contributed by atoms with Crippen LogP contribution in [0.3, 0.4) is 0 Å². The monoisotopic (exact) mass is 1690 g/mol. The summed E-state index contributed by atoms with van der Waals surface area (Å²) in [5.74, 6) is 2.00. The first-order valence-electron chi connectivity index (χ1n) is 43.8. The van der Waals surface area contributed by atoms with Crippen molar-refractivity contribution >= 4 is 136 Å². The van der Waals surface area contributed by atoms with E-state index in [-0.39, 0.29) is 34.3 Å². The van der Waals surface area contributed by atoms with Crippen LogP contribution in [0.4, 0.5) is 0 Å². The van der Waals surface area contributed by atoms with E-state index in [9.17, 15) is 10.5 Å². The first-order valence-corrected chi connectivity index (χ1v) is 50.3. The van der Waals surface area contributed by atoms with E-state index in [0.717, 1.165) is 109 Å². The van der Waals surface area contributed by atoms with Crippen LogP contribution in [0.5, 0.6) is 0 Å². The van der Waals surface area contributed by atoms with E-state index in [1.165, 1.54) is 238 Å². The smallest absolute Gasteiger partial charge is 0.291 e. The first-order chi connectivity index (χ1) is 57.0. The fourth-order valence-electron chi connectivity index (χ4n) is 16.0. The molecule has 610 valence electrons. The average molecular weight is 1700 g/mol. The van der Waals surface area contributed by atoms with Gasteiger partial charge < -0.3 is 0 Å². The number of nitriles is 2. The molecular weight excluding hydrogens is 1580 g/mol. The number of fused-ring (bicyclic) bond motifs is 2. The van der Waals surface area contributed by atoms with Crippen molar-refractivity contribution in [2.45, 2.75) is 298 Å². The summed E-state index contributed by atoms with van der Waals surface area (Å²) in [6, 6.07) is 41.7. The highest BCUT2D eigenvalue weighted by molar-refractivity contribution is 7.28. The highest BCUT2D eigenvalue weighted by atomic mass is 32.1. The van der Waals surface area contributed by atoms with Gasteiger partial charge in [-0.25, -0.2) is 9.97 Å². The lowest BCUT2D eigenvalue weighted by Crippen LogP contribution is -2.28. The van der Waals surface area contributed by atoms with Crippen LogP contribution in [-0.2, 0) is 13.1 Å². The maximum Gasteiger partial charge on any atom is 0.536 e. The maximum atomic E-state index is 16.2. The van der Waals surface area contributed by atoms with Gasteiger partial charge in [0.1, 0.15) is 35.4 Å². The summed E-state index contributed by atoms with van der Waals surface area (Å²) in [7, 11) is 0. The molecule has 0 fully saturated rings. The van der Waals surface area contributed by atoms with Crippen molar-refractivity contribution in [1.82, 2.24) is 19.1 Å². The van der Waals surface area contributed by atoms with E-state index in [1.807, 2.05) is 57.7 Å². The summed E-state index contributed by atoms with van der Waals surface area (Å²) in [6.45, 7) is 25.2. The van der Waals surface area contributed by atoms with Gasteiger partial charge in [-0.2, -0.15) is 20.2 Å². The number of rotatable bonds is 52. The molecule has 0 amide bonds. The van der Waals surface area contributed by atoms with Gasteiger partial charge in [-0.1, -0.05) is 259 Å². The van der Waals surface area contributed by atoms with E-state index >= 15 is 9.59 Å². The third-order valence-electron chi connectivity index (χ3n) is 22.6. The molecule has 0 spiro atoms. The van der Waals surface area contributed by atoms with Gasteiger partial charge in [0, 0.05) is 70.9 Å². The fraction of sp³-hybridized carbons (Fsp3) is 0.490. The van der Waals surface area contributed by atoms with Crippen LogP contribution in [0.1, 0.15) is 294 Å². The Balaban J connectivity index is 0.968. The van der Waals surface area contributed by atoms with Crippen LogP contribution in [0.15, 0.2) is 119 Å². The standard InChI is InChI=1S/C98H118N8O2S8/c1-7-11-15-19-23-27-29-33-37-41-45-71(43-39-35-31-25-21-17-13-9-3)69-105-95(92-61-59-89(115-92)87-57-55-85(113-87)83-52-48-75(110-83)63-74-47-51-82(109-74)73(67-99)68-100)103-80-65-79-81(66-78(80)97(105)107)104-96(106(98(79)108)70-72(44-40-36-32-26-22-18-14-10-4)46-42-38-34-30-28-24-20-16-12-8-2)93-62-60-90(116-93)88-58-56-86(114-88)84-53-49-76(111-84)64-77-50-54-91(112-77)94(101-5)102-6/h47-66,71-72H,7-46,69-70H2,1-4H3/b74-63+,77-64+. The van der Waals surface area contributed by atoms with Crippen molar-refractivity contribution in [2.75, 3.05) is 0 Å². The van der Waals surface area contributed by atoms with Crippen molar-refractivity contribution in [3.05, 3.63) is 181 Å². The minimum atomic E-state index is -0.0785. The van der Waals surface area contributed by atoms with E-state index < -0.39 is 0 Å². The molecule has 1 aromatic carbocycles. The lowest BCUT2D eigenvalue weighted by molar-refractivity contribution is 0.353. The van der Waals surface area contributed by atoms with Crippen molar-refractivity contribution in [3.8, 4) is 72.6 Å². The molecule has 0 saturated carbocycles. The zero-order chi connectivity index (χ0) is 81.1. The highest BCUT2D eigenvalue weighted by Crippen LogP contribution is 2.45. The molecule has 0 aliphatic rings. The summed E-state index contributed by atoms with van der Waals surface area (Å²) in [5.41, 5.74) is 1.03. The van der Waals surface area contributed by atoms with Gasteiger partial charge in [0.05, 0.1) is 36.1 Å². The van der Waals surface area contributed by atoms with Gasteiger partial charge in [0.25, 0.3) is 11.1 Å². The summed E-state index contributed by atoms with van der Waals surface area (Å²) in [6.07, 6.45) is 54.1. The van der Waals surface area contributed by atoms with Crippen LogP contribution >= 0.6 is 90.7 Å². The Hall–Kier alpha value is -7.46. The Morgan fingerprint density at radius 3 is 0.957 bits per heavy atom. The molecule has 0 aliphatic carbocycles. The largest absolute Gasteiger partial charge is 0.536 e. The normalized spacial score (nSPS) is 12.4. The molecule has 0 N–H and O–H groups in total. The van der Waals surface area contributed by atoms with E-state index in [4.69, 9.17) is 23.1 Å². The van der Waals surface area contributed by atoms with Crippen molar-refractivity contribution in [1.29, 1.82) is 10.5 Å². The molecule has 2 unspecified atom stereocenters. The average Bonchev–Trinajstić information content (AvgIpc) is 0.959. The van der Waals surface area contributed by atoms with Crippen molar-refractivity contribution < 1.29 is 0 Å². The molecule has 10 aromatic heterocycles. The Morgan fingerprint density at radius 1 is 0.362 bits per heavy atom. The van der Waals surface area contributed by atoms with Crippen LogP contribution in [-0.4, -0.2) is 19.1 Å². The SMILES string of the molecule is [C-]#[N+]C([N+]#[C-])=c1cc/c(=C\c2ccc(-c3ccc(-c4ccc(-c5nc6cc7c(=O)n(CC(CCCCCCCCCC)CCCCCCCCCCCC)c(-c8ccc(-c9ccc(-c%10ccc(/C=c%11\ccc(=C(C#N)C#N)s%11)s%10)s9)s8)nc7cc6c(=O)n5CC(CCCCCCCCCC)CCCCCCCCCCCC)s4)s3)s2)s1. The summed E-state index contributed by atoms with van der Waals surface area (Å²) in [4.78, 5) is 63.9. The number of nitrogens with zero attached hydrogens (tertiary/aromatic N) is 8. The molecule has 0 saturated heterocycles. The molecule has 11 aromatic rings. The number of thiophene rings is 8. The third kappa shape index (κ3) is 26.3. The topological polar surface area (TPSA) is 126 Å². The summed E-state index contributed by atoms with van der Waals surface area (Å²) in [5, 5.41) is 20.0. The molecule has 10 heterocycles. The number of benzene rings is 1. The lowest BCUT2D eigenvalue weighted by atomic mass is 9.93. The summed E-state index contributed by atoms with van der Waals surface area (Å²) < 4.78 is 7.42. The second-order valence-corrected chi connectivity index (χ2v) is 40.5. The van der Waals surface area contributed by atoms with Gasteiger partial charge >= 0.3 is 5.82 Å². The predicted octanol–water partition coefficient (Wildman–Crippen LogP) is 29.3. The molecule has 10 nitrogen and oxygen atoms in total. The lowest BCUT2D eigenvalue weighted by Gasteiger charge is -2.22. The zero-order valence-electron chi connectivity index (χ0n) is 69.1. The summed E-state index contributed by atoms with van der Waals surface area (Å²) >= 11 is 13.3. The van der Waals surface area contributed by atoms with Crippen molar-refractivity contribution in [3.63, 3.8) is 0 Å². The van der Waals surface area contributed by atoms with Gasteiger partial charge in [0.2, 0.25) is 0 Å². The zero-order valence-corrected chi connectivity index (χ0v) is 75.6. The van der Waals surface area contributed by atoms with E-state index in [1.54, 1.807) is 68.0 Å². The molecule has 0 radical (unpaired) electrons. The Labute approximate surface area is 722 Å². The Morgan fingerprint density at radius 2 is 0.638 bits per heavy atom. The van der Waals surface area contributed by atoms with E-state index in [2.05, 4.69) is 122 Å². The number of unbranched alkanes of at least 4 members (excludes halogenated alkanes) is 32. The van der Waals surface area contributed by atoms with Crippen LogP contribution in [0, 0.1) is 47.6 Å². The highest BCUT2D eigenvalue weighted by Gasteiger charge is 2.25. The van der Waals surface area contributed by atoms with Crippen LogP contribution in [0.2, 0.25) is 0 Å². The van der Waals surface area contributed by atoms with Gasteiger partial charge in [-0.05, 0) is 159 Å². The van der Waals surface area contributed by atoms with Gasteiger partial charge in [0.15, 0.2) is 11.6 Å². The minimum absolute atomic E-state index is 0.0779.